The Balaban J connectivity index is 1.97. The van der Waals surface area contributed by atoms with Crippen LogP contribution < -0.4 is 10.2 Å². The average molecular weight is 298 g/mol. The molecule has 22 heavy (non-hydrogen) atoms. The zero-order valence-electron chi connectivity index (χ0n) is 12.7. The highest BCUT2D eigenvalue weighted by Gasteiger charge is 2.23. The molecule has 112 valence electrons. The van der Waals surface area contributed by atoms with E-state index in [1.54, 1.807) is 38.1 Å². The summed E-state index contributed by atoms with van der Waals surface area (Å²) in [5, 5.41) is 0. The summed E-state index contributed by atoms with van der Waals surface area (Å²) in [6.45, 7) is 3.86. The number of hydrogen-bond acceptors (Lipinski definition) is 1. The van der Waals surface area contributed by atoms with Gasteiger partial charge in [-0.1, -0.05) is 23.7 Å². The Morgan fingerprint density at radius 3 is 2.41 bits per heavy atom. The molecule has 0 aromatic heterocycles. The minimum Gasteiger partial charge on any atom is -0.490 e. The Hall–Kier alpha value is -1.84. The van der Waals surface area contributed by atoms with Crippen molar-refractivity contribution in [1.82, 2.24) is 0 Å². The standard InChI is InChI=1S/C18H17BF2O/c1-10-3-6-14(16(19)17(10)20)13-7-8-15(18(21)11(13)2)22-9-12-4-5-12/h3,6-8,12H,4-5,9H2,1-2H3. The van der Waals surface area contributed by atoms with Gasteiger partial charge in [-0.05, 0) is 60.9 Å². The Morgan fingerprint density at radius 1 is 1.05 bits per heavy atom. The van der Waals surface area contributed by atoms with Crippen LogP contribution in [0, 0.1) is 31.4 Å². The van der Waals surface area contributed by atoms with Gasteiger partial charge in [-0.25, -0.2) is 8.78 Å². The Kier molecular flexibility index (Phi) is 3.94. The van der Waals surface area contributed by atoms with Gasteiger partial charge in [-0.3, -0.25) is 0 Å². The number of hydrogen-bond donors (Lipinski definition) is 0. The van der Waals surface area contributed by atoms with Crippen LogP contribution in [0.1, 0.15) is 24.0 Å². The van der Waals surface area contributed by atoms with Crippen molar-refractivity contribution in [2.24, 2.45) is 5.92 Å². The molecule has 1 fully saturated rings. The van der Waals surface area contributed by atoms with Gasteiger partial charge in [-0.15, -0.1) is 0 Å². The first kappa shape index (κ1) is 15.1. The zero-order chi connectivity index (χ0) is 15.9. The van der Waals surface area contributed by atoms with E-state index in [1.165, 1.54) is 0 Å². The smallest absolute Gasteiger partial charge is 0.168 e. The van der Waals surface area contributed by atoms with Crippen LogP contribution in [-0.4, -0.2) is 14.5 Å². The summed E-state index contributed by atoms with van der Waals surface area (Å²) >= 11 is 0. The highest BCUT2D eigenvalue weighted by atomic mass is 19.1. The van der Waals surface area contributed by atoms with Gasteiger partial charge >= 0.3 is 0 Å². The number of rotatable bonds is 4. The average Bonchev–Trinajstić information content (AvgIpc) is 3.32. The quantitative estimate of drug-likeness (QED) is 0.779. The fraction of sp³-hybridized carbons (Fsp3) is 0.333. The van der Waals surface area contributed by atoms with Gasteiger partial charge in [0.1, 0.15) is 13.7 Å². The van der Waals surface area contributed by atoms with E-state index >= 15 is 0 Å². The summed E-state index contributed by atoms with van der Waals surface area (Å²) in [7, 11) is 5.85. The molecule has 2 aromatic carbocycles. The highest BCUT2D eigenvalue weighted by molar-refractivity contribution is 6.36. The molecule has 3 rings (SSSR count). The van der Waals surface area contributed by atoms with Crippen LogP contribution in [-0.2, 0) is 0 Å². The second-order valence-corrected chi connectivity index (χ2v) is 5.96. The van der Waals surface area contributed by atoms with Gasteiger partial charge in [0, 0.05) is 0 Å². The third kappa shape index (κ3) is 2.74. The first-order chi connectivity index (χ1) is 10.5. The molecule has 0 amide bonds. The molecule has 0 heterocycles. The molecule has 0 bridgehead atoms. The van der Waals surface area contributed by atoms with Crippen LogP contribution in [0.4, 0.5) is 8.78 Å². The minimum absolute atomic E-state index is 0.0501. The Labute approximate surface area is 130 Å². The van der Waals surface area contributed by atoms with Crippen LogP contribution in [0.3, 0.4) is 0 Å². The van der Waals surface area contributed by atoms with Crippen LogP contribution >= 0.6 is 0 Å². The SMILES string of the molecule is [B]c1c(-c2ccc(OCC3CC3)c(F)c2C)ccc(C)c1F. The number of ether oxygens (including phenoxy) is 1. The van der Waals surface area contributed by atoms with Gasteiger partial charge in [0.05, 0.1) is 6.61 Å². The van der Waals surface area contributed by atoms with Crippen LogP contribution in [0.2, 0.25) is 0 Å². The maximum atomic E-state index is 14.5. The minimum atomic E-state index is -0.452. The molecule has 1 nitrogen and oxygen atoms in total. The van der Waals surface area contributed by atoms with Crippen molar-refractivity contribution < 1.29 is 13.5 Å². The largest absolute Gasteiger partial charge is 0.490 e. The van der Waals surface area contributed by atoms with Crippen molar-refractivity contribution in [3.05, 3.63) is 47.0 Å². The van der Waals surface area contributed by atoms with Gasteiger partial charge in [0.25, 0.3) is 0 Å². The first-order valence-electron chi connectivity index (χ1n) is 7.46. The lowest BCUT2D eigenvalue weighted by atomic mass is 9.84. The number of aryl methyl sites for hydroxylation is 1. The maximum absolute atomic E-state index is 14.5. The van der Waals surface area contributed by atoms with E-state index in [0.29, 0.717) is 34.8 Å². The summed E-state index contributed by atoms with van der Waals surface area (Å²) in [6.07, 6.45) is 2.30. The van der Waals surface area contributed by atoms with Crippen LogP contribution in [0.15, 0.2) is 24.3 Å². The lowest BCUT2D eigenvalue weighted by Crippen LogP contribution is -2.14. The summed E-state index contributed by atoms with van der Waals surface area (Å²) < 4.78 is 34.0. The molecule has 0 spiro atoms. The van der Waals surface area contributed by atoms with Crippen LogP contribution in [0.5, 0.6) is 5.75 Å². The van der Waals surface area contributed by atoms with E-state index in [-0.39, 0.29) is 11.2 Å². The number of benzene rings is 2. The lowest BCUT2D eigenvalue weighted by Gasteiger charge is -2.15. The molecule has 2 radical (unpaired) electrons. The second-order valence-electron chi connectivity index (χ2n) is 5.96. The summed E-state index contributed by atoms with van der Waals surface area (Å²) in [5.41, 5.74) is 2.04. The van der Waals surface area contributed by atoms with E-state index in [9.17, 15) is 8.78 Å². The molecule has 0 saturated heterocycles. The van der Waals surface area contributed by atoms with Gasteiger partial charge in [0.15, 0.2) is 11.6 Å². The van der Waals surface area contributed by atoms with E-state index in [4.69, 9.17) is 12.6 Å². The molecule has 0 N–H and O–H groups in total. The van der Waals surface area contributed by atoms with E-state index in [0.717, 1.165) is 12.8 Å². The van der Waals surface area contributed by atoms with Gasteiger partial charge in [0.2, 0.25) is 0 Å². The molecule has 1 aliphatic carbocycles. The molecule has 1 aliphatic rings. The lowest BCUT2D eigenvalue weighted by molar-refractivity contribution is 0.285. The molecule has 4 heteroatoms. The monoisotopic (exact) mass is 298 g/mol. The van der Waals surface area contributed by atoms with E-state index < -0.39 is 11.6 Å². The molecule has 1 saturated carbocycles. The molecular weight excluding hydrogens is 281 g/mol. The van der Waals surface area contributed by atoms with Crippen molar-refractivity contribution in [3.8, 4) is 16.9 Å². The number of halogens is 2. The summed E-state index contributed by atoms with van der Waals surface area (Å²) in [6, 6.07) is 6.70. The normalized spacial score (nSPS) is 14.2. The molecule has 2 aromatic rings. The summed E-state index contributed by atoms with van der Waals surface area (Å²) in [5.74, 6) is -0.0505. The van der Waals surface area contributed by atoms with Gasteiger partial charge in [-0.2, -0.15) is 0 Å². The highest BCUT2D eigenvalue weighted by Crippen LogP contribution is 2.33. The Morgan fingerprint density at radius 2 is 1.73 bits per heavy atom. The molecule has 0 unspecified atom stereocenters. The van der Waals surface area contributed by atoms with Crippen molar-refractivity contribution >= 4 is 13.3 Å². The van der Waals surface area contributed by atoms with Crippen molar-refractivity contribution in [2.75, 3.05) is 6.61 Å². The molecular formula is C18H17BF2O. The zero-order valence-corrected chi connectivity index (χ0v) is 12.7. The molecule has 0 atom stereocenters. The van der Waals surface area contributed by atoms with Crippen molar-refractivity contribution in [1.29, 1.82) is 0 Å². The fourth-order valence-corrected chi connectivity index (χ4v) is 2.49. The van der Waals surface area contributed by atoms with Crippen molar-refractivity contribution in [3.63, 3.8) is 0 Å². The maximum Gasteiger partial charge on any atom is 0.168 e. The first-order valence-corrected chi connectivity index (χ1v) is 7.46. The van der Waals surface area contributed by atoms with E-state index in [1.807, 2.05) is 0 Å². The van der Waals surface area contributed by atoms with E-state index in [2.05, 4.69) is 0 Å². The summed E-state index contributed by atoms with van der Waals surface area (Å²) in [4.78, 5) is 0. The van der Waals surface area contributed by atoms with Gasteiger partial charge < -0.3 is 4.74 Å². The third-order valence-electron chi connectivity index (χ3n) is 4.19. The second kappa shape index (κ2) is 5.75. The molecule has 0 aliphatic heterocycles. The Bertz CT molecular complexity index is 724. The predicted molar refractivity (Wildman–Crippen MR) is 84.9 cm³/mol. The predicted octanol–water partition coefficient (Wildman–Crippen LogP) is 3.83. The fourth-order valence-electron chi connectivity index (χ4n) is 2.49. The van der Waals surface area contributed by atoms with Crippen molar-refractivity contribution in [2.45, 2.75) is 26.7 Å². The topological polar surface area (TPSA) is 9.23 Å². The van der Waals surface area contributed by atoms with Crippen LogP contribution in [0.25, 0.3) is 11.1 Å². The third-order valence-corrected chi connectivity index (χ3v) is 4.19.